The zero-order valence-corrected chi connectivity index (χ0v) is 8.72. The van der Waals surface area contributed by atoms with Crippen LogP contribution in [0.15, 0.2) is 0 Å². The summed E-state index contributed by atoms with van der Waals surface area (Å²) in [5.41, 5.74) is 5.42. The molecule has 0 aliphatic rings. The van der Waals surface area contributed by atoms with Crippen LogP contribution in [0.25, 0.3) is 0 Å². The normalized spacial score (nSPS) is 14.2. The molecule has 0 aromatic heterocycles. The molecular weight excluding hydrogens is 152 g/mol. The lowest BCUT2D eigenvalue weighted by molar-refractivity contribution is -0.134. The molecule has 0 aromatic carbocycles. The van der Waals surface area contributed by atoms with Gasteiger partial charge in [0, 0.05) is 25.0 Å². The Morgan fingerprint density at radius 1 is 1.50 bits per heavy atom. The van der Waals surface area contributed by atoms with E-state index in [1.807, 2.05) is 34.7 Å². The molecule has 0 fully saturated rings. The molecule has 1 atom stereocenters. The lowest BCUT2D eigenvalue weighted by Crippen LogP contribution is -2.44. The Hall–Kier alpha value is -0.570. The van der Waals surface area contributed by atoms with E-state index in [2.05, 4.69) is 0 Å². The minimum Gasteiger partial charge on any atom is -0.341 e. The molecular formula is C9H20N2O. The van der Waals surface area contributed by atoms with E-state index in [4.69, 9.17) is 5.73 Å². The molecule has 0 radical (unpaired) electrons. The van der Waals surface area contributed by atoms with Gasteiger partial charge in [-0.25, -0.2) is 0 Å². The van der Waals surface area contributed by atoms with Gasteiger partial charge in [-0.15, -0.1) is 0 Å². The Balaban J connectivity index is 4.12. The van der Waals surface area contributed by atoms with E-state index in [-0.39, 0.29) is 17.5 Å². The van der Waals surface area contributed by atoms with Crippen LogP contribution in [0.5, 0.6) is 0 Å². The zero-order chi connectivity index (χ0) is 9.94. The highest BCUT2D eigenvalue weighted by molar-refractivity contribution is 5.77. The summed E-state index contributed by atoms with van der Waals surface area (Å²) in [6, 6.07) is -0.0534. The molecule has 0 aromatic rings. The average Bonchev–Trinajstić information content (AvgIpc) is 1.82. The second-order valence-corrected chi connectivity index (χ2v) is 4.30. The topological polar surface area (TPSA) is 46.3 Å². The highest BCUT2D eigenvalue weighted by atomic mass is 16.2. The van der Waals surface area contributed by atoms with Crippen molar-refractivity contribution >= 4 is 5.91 Å². The second-order valence-electron chi connectivity index (χ2n) is 4.30. The number of rotatable bonds is 2. The van der Waals surface area contributed by atoms with E-state index in [1.54, 1.807) is 4.90 Å². The first kappa shape index (κ1) is 11.4. The molecule has 1 unspecified atom stereocenters. The molecule has 0 bridgehead atoms. The van der Waals surface area contributed by atoms with E-state index in [0.29, 0.717) is 6.42 Å². The molecule has 0 aliphatic carbocycles. The Morgan fingerprint density at radius 3 is 2.17 bits per heavy atom. The predicted molar refractivity (Wildman–Crippen MR) is 50.8 cm³/mol. The van der Waals surface area contributed by atoms with Gasteiger partial charge in [-0.3, -0.25) is 4.79 Å². The number of nitrogens with zero attached hydrogens (tertiary/aromatic N) is 1. The monoisotopic (exact) mass is 172 g/mol. The summed E-state index contributed by atoms with van der Waals surface area (Å²) in [7, 11) is 1.81. The first-order valence-electron chi connectivity index (χ1n) is 4.27. The van der Waals surface area contributed by atoms with Crippen molar-refractivity contribution in [2.24, 2.45) is 5.73 Å². The summed E-state index contributed by atoms with van der Waals surface area (Å²) in [6.07, 6.45) is 0.424. The van der Waals surface area contributed by atoms with Gasteiger partial charge in [-0.05, 0) is 27.7 Å². The van der Waals surface area contributed by atoms with Crippen LogP contribution in [0.2, 0.25) is 0 Å². The molecule has 0 rings (SSSR count). The van der Waals surface area contributed by atoms with E-state index in [0.717, 1.165) is 0 Å². The Labute approximate surface area is 74.9 Å². The van der Waals surface area contributed by atoms with Crippen molar-refractivity contribution in [1.82, 2.24) is 4.90 Å². The van der Waals surface area contributed by atoms with Gasteiger partial charge in [-0.2, -0.15) is 0 Å². The van der Waals surface area contributed by atoms with Gasteiger partial charge >= 0.3 is 0 Å². The van der Waals surface area contributed by atoms with Crippen LogP contribution in [-0.2, 0) is 4.79 Å². The molecule has 2 N–H and O–H groups in total. The van der Waals surface area contributed by atoms with Gasteiger partial charge in [0.25, 0.3) is 0 Å². The van der Waals surface area contributed by atoms with Crippen molar-refractivity contribution in [3.8, 4) is 0 Å². The fraction of sp³-hybridized carbons (Fsp3) is 0.889. The summed E-state index contributed by atoms with van der Waals surface area (Å²) < 4.78 is 0. The predicted octanol–water partition coefficient (Wildman–Crippen LogP) is 0.981. The SMILES string of the molecule is CC(N)CC(=O)N(C)C(C)(C)C. The summed E-state index contributed by atoms with van der Waals surface area (Å²) in [5.74, 6) is 0.109. The Bertz CT molecular complexity index is 158. The van der Waals surface area contributed by atoms with Crippen LogP contribution in [0.3, 0.4) is 0 Å². The van der Waals surface area contributed by atoms with Gasteiger partial charge in [0.05, 0.1) is 0 Å². The third kappa shape index (κ3) is 3.72. The van der Waals surface area contributed by atoms with Crippen molar-refractivity contribution in [2.45, 2.75) is 45.7 Å². The highest BCUT2D eigenvalue weighted by Crippen LogP contribution is 2.11. The third-order valence-corrected chi connectivity index (χ3v) is 1.88. The number of hydrogen-bond donors (Lipinski definition) is 1. The van der Waals surface area contributed by atoms with E-state index in [9.17, 15) is 4.79 Å². The number of carbonyl (C=O) groups excluding carboxylic acids is 1. The van der Waals surface area contributed by atoms with Gasteiger partial charge in [0.1, 0.15) is 0 Å². The van der Waals surface area contributed by atoms with Gasteiger partial charge in [-0.1, -0.05) is 0 Å². The quantitative estimate of drug-likeness (QED) is 0.675. The van der Waals surface area contributed by atoms with Gasteiger partial charge in [0.2, 0.25) is 5.91 Å². The molecule has 1 amide bonds. The van der Waals surface area contributed by atoms with Crippen molar-refractivity contribution < 1.29 is 4.79 Å². The van der Waals surface area contributed by atoms with Gasteiger partial charge in [0.15, 0.2) is 0 Å². The molecule has 0 spiro atoms. The first-order chi connectivity index (χ1) is 5.25. The maximum Gasteiger partial charge on any atom is 0.224 e. The molecule has 3 heteroatoms. The average molecular weight is 172 g/mol. The highest BCUT2D eigenvalue weighted by Gasteiger charge is 2.22. The molecule has 0 saturated carbocycles. The molecule has 0 saturated heterocycles. The van der Waals surface area contributed by atoms with Crippen LogP contribution in [0.4, 0.5) is 0 Å². The van der Waals surface area contributed by atoms with E-state index in [1.165, 1.54) is 0 Å². The first-order valence-corrected chi connectivity index (χ1v) is 4.27. The summed E-state index contributed by atoms with van der Waals surface area (Å²) in [4.78, 5) is 13.2. The molecule has 72 valence electrons. The van der Waals surface area contributed by atoms with Crippen LogP contribution < -0.4 is 5.73 Å². The number of carbonyl (C=O) groups is 1. The zero-order valence-electron chi connectivity index (χ0n) is 8.72. The third-order valence-electron chi connectivity index (χ3n) is 1.88. The minimum atomic E-state index is -0.105. The number of amides is 1. The fourth-order valence-corrected chi connectivity index (χ4v) is 0.786. The minimum absolute atomic E-state index is 0.0534. The molecule has 0 aliphatic heterocycles. The summed E-state index contributed by atoms with van der Waals surface area (Å²) in [6.45, 7) is 7.86. The van der Waals surface area contributed by atoms with Crippen LogP contribution in [0.1, 0.15) is 34.1 Å². The molecule has 12 heavy (non-hydrogen) atoms. The second kappa shape index (κ2) is 3.90. The largest absolute Gasteiger partial charge is 0.341 e. The van der Waals surface area contributed by atoms with Crippen molar-refractivity contribution in [1.29, 1.82) is 0 Å². The van der Waals surface area contributed by atoms with Crippen molar-refractivity contribution in [2.75, 3.05) is 7.05 Å². The van der Waals surface area contributed by atoms with Crippen molar-refractivity contribution in [3.05, 3.63) is 0 Å². The Morgan fingerprint density at radius 2 is 1.92 bits per heavy atom. The molecule has 0 heterocycles. The lowest BCUT2D eigenvalue weighted by Gasteiger charge is -2.32. The smallest absolute Gasteiger partial charge is 0.224 e. The Kier molecular flexibility index (Phi) is 3.71. The number of hydrogen-bond acceptors (Lipinski definition) is 2. The van der Waals surface area contributed by atoms with Crippen LogP contribution in [0, 0.1) is 0 Å². The van der Waals surface area contributed by atoms with E-state index >= 15 is 0 Å². The van der Waals surface area contributed by atoms with Gasteiger partial charge < -0.3 is 10.6 Å². The lowest BCUT2D eigenvalue weighted by atomic mass is 10.1. The van der Waals surface area contributed by atoms with E-state index < -0.39 is 0 Å². The maximum atomic E-state index is 11.4. The van der Waals surface area contributed by atoms with Crippen LogP contribution in [-0.4, -0.2) is 29.4 Å². The standard InChI is InChI=1S/C9H20N2O/c1-7(10)6-8(12)11(5)9(2,3)4/h7H,6,10H2,1-5H3. The summed E-state index contributed by atoms with van der Waals surface area (Å²) >= 11 is 0. The number of nitrogens with two attached hydrogens (primary N) is 1. The fourth-order valence-electron chi connectivity index (χ4n) is 0.786. The molecule has 3 nitrogen and oxygen atoms in total. The maximum absolute atomic E-state index is 11.4. The summed E-state index contributed by atoms with van der Waals surface area (Å²) in [5, 5.41) is 0. The van der Waals surface area contributed by atoms with Crippen LogP contribution >= 0.6 is 0 Å². The van der Waals surface area contributed by atoms with Crippen molar-refractivity contribution in [3.63, 3.8) is 0 Å².